The van der Waals surface area contributed by atoms with Crippen LogP contribution in [-0.4, -0.2) is 0 Å². The predicted octanol–water partition coefficient (Wildman–Crippen LogP) is 8.05. The highest BCUT2D eigenvalue weighted by atomic mass is 16.3. The molecule has 174 valence electrons. The van der Waals surface area contributed by atoms with E-state index in [-0.39, 0.29) is 33.7 Å². The molecular weight excluding hydrogens is 416 g/mol. The molecule has 0 amide bonds. The van der Waals surface area contributed by atoms with Gasteiger partial charge in [-0.1, -0.05) is 57.2 Å². The van der Waals surface area contributed by atoms with Crippen molar-refractivity contribution < 1.29 is 25.4 Å². The summed E-state index contributed by atoms with van der Waals surface area (Å²) < 4.78 is 109. The number of nitriles is 1. The predicted molar refractivity (Wildman–Crippen MR) is 139 cm³/mol. The number of nitrogens with zero attached hydrogens (tertiary/aromatic N) is 2. The van der Waals surface area contributed by atoms with Crippen LogP contribution in [0, 0.1) is 32.0 Å². The highest BCUT2D eigenvalue weighted by Gasteiger charge is 2.27. The van der Waals surface area contributed by atoms with Crippen LogP contribution < -0.4 is 4.57 Å². The van der Waals surface area contributed by atoms with Gasteiger partial charge in [0.05, 0.1) is 12.5 Å². The Labute approximate surface area is 219 Å². The van der Waals surface area contributed by atoms with Crippen molar-refractivity contribution in [3.63, 3.8) is 0 Å². The molecule has 0 unspecified atom stereocenters. The van der Waals surface area contributed by atoms with E-state index >= 15 is 0 Å². The molecule has 0 spiro atoms. The van der Waals surface area contributed by atoms with Crippen LogP contribution in [0.3, 0.4) is 0 Å². The lowest BCUT2D eigenvalue weighted by Gasteiger charge is -2.22. The first-order valence-corrected chi connectivity index (χ1v) is 11.6. The van der Waals surface area contributed by atoms with Gasteiger partial charge in [0, 0.05) is 44.4 Å². The van der Waals surface area contributed by atoms with Crippen LogP contribution in [-0.2, 0) is 7.05 Å². The molecule has 2 aromatic heterocycles. The number of aryl methyl sites for hydroxylation is 1. The molecule has 3 nitrogen and oxygen atoms in total. The van der Waals surface area contributed by atoms with E-state index in [0.29, 0.717) is 34.7 Å². The van der Waals surface area contributed by atoms with Crippen molar-refractivity contribution in [2.45, 2.75) is 78.3 Å². The number of furan rings is 1. The lowest BCUT2D eigenvalue weighted by Crippen LogP contribution is -2.36. The van der Waals surface area contributed by atoms with Gasteiger partial charge < -0.3 is 4.42 Å². The molecule has 5 rings (SSSR count). The Morgan fingerprint density at radius 1 is 1.15 bits per heavy atom. The second-order valence-corrected chi connectivity index (χ2v) is 9.12. The van der Waals surface area contributed by atoms with Crippen LogP contribution in [0.1, 0.15) is 108 Å². The van der Waals surface area contributed by atoms with E-state index in [9.17, 15) is 8.00 Å². The summed E-state index contributed by atoms with van der Waals surface area (Å²) in [7, 11) is 1.49. The molecule has 1 saturated carbocycles. The van der Waals surface area contributed by atoms with Crippen LogP contribution in [0.2, 0.25) is 0 Å². The zero-order valence-corrected chi connectivity index (χ0v) is 19.6. The SMILES string of the molecule is [2H]c1c(C([2H])(C([2H])([2H])[2H])C([2H])([2H])[2H])c(C([2H])([2H])[2H])c(C)[n+](C)c1-c1c(C)ccc2c1oc1c(C#N)c(C3([2H])CCCCC3)ccc12. The zero-order valence-electron chi connectivity index (χ0n) is 31.6. The van der Waals surface area contributed by atoms with Gasteiger partial charge in [-0.05, 0) is 55.1 Å². The third-order valence-corrected chi connectivity index (χ3v) is 7.15. The maximum absolute atomic E-state index is 10.3. The summed E-state index contributed by atoms with van der Waals surface area (Å²) in [4.78, 5) is 0. The minimum atomic E-state index is -3.54. The van der Waals surface area contributed by atoms with Crippen molar-refractivity contribution in [3.8, 4) is 17.3 Å². The number of rotatable bonds is 3. The summed E-state index contributed by atoms with van der Waals surface area (Å²) in [5.74, 6) is -4.41. The van der Waals surface area contributed by atoms with E-state index in [1.807, 2.05) is 0 Å². The molecule has 0 atom stereocenters. The zero-order chi connectivity index (χ0) is 34.4. The van der Waals surface area contributed by atoms with E-state index in [1.54, 1.807) is 31.2 Å². The molecule has 2 aromatic carbocycles. The van der Waals surface area contributed by atoms with Gasteiger partial charge in [-0.25, -0.2) is 0 Å². The average molecular weight is 464 g/mol. The summed E-state index contributed by atoms with van der Waals surface area (Å²) >= 11 is 0. The highest BCUT2D eigenvalue weighted by molar-refractivity contribution is 6.11. The molecule has 0 radical (unpaired) electrons. The van der Waals surface area contributed by atoms with Crippen molar-refractivity contribution in [2.75, 3.05) is 0 Å². The third-order valence-electron chi connectivity index (χ3n) is 7.15. The fourth-order valence-electron chi connectivity index (χ4n) is 5.15. The van der Waals surface area contributed by atoms with E-state index in [2.05, 4.69) is 6.07 Å². The summed E-state index contributed by atoms with van der Waals surface area (Å²) in [5.41, 5.74) is 0.431. The van der Waals surface area contributed by atoms with Gasteiger partial charge in [-0.3, -0.25) is 0 Å². The van der Waals surface area contributed by atoms with Crippen LogP contribution in [0.25, 0.3) is 33.2 Å². The quantitative estimate of drug-likeness (QED) is 0.288. The van der Waals surface area contributed by atoms with E-state index in [4.69, 9.17) is 18.1 Å². The Morgan fingerprint density at radius 2 is 1.88 bits per heavy atom. The molecule has 34 heavy (non-hydrogen) atoms. The Morgan fingerprint density at radius 3 is 2.59 bits per heavy atom. The largest absolute Gasteiger partial charge is 0.454 e. The number of hydrogen-bond acceptors (Lipinski definition) is 2. The van der Waals surface area contributed by atoms with Crippen molar-refractivity contribution in [1.29, 1.82) is 5.26 Å². The van der Waals surface area contributed by atoms with E-state index < -0.39 is 49.5 Å². The fraction of sp³-hybridized carbons (Fsp3) is 0.419. The summed E-state index contributed by atoms with van der Waals surface area (Å²) in [6, 6.07) is 8.63. The molecule has 0 aliphatic heterocycles. The number of fused-ring (bicyclic) bond motifs is 3. The topological polar surface area (TPSA) is 40.8 Å². The second kappa shape index (κ2) is 8.58. The van der Waals surface area contributed by atoms with Gasteiger partial charge in [0.25, 0.3) is 0 Å². The average Bonchev–Trinajstić information content (AvgIpc) is 3.32. The summed E-state index contributed by atoms with van der Waals surface area (Å²) in [6.07, 6.45) is 3.98. The van der Waals surface area contributed by atoms with E-state index in [0.717, 1.165) is 19.3 Å². The van der Waals surface area contributed by atoms with Gasteiger partial charge >= 0.3 is 0 Å². The Balaban J connectivity index is 1.95. The molecule has 0 bridgehead atoms. The Hall–Kier alpha value is -3.12. The van der Waals surface area contributed by atoms with Crippen LogP contribution >= 0.6 is 0 Å². The van der Waals surface area contributed by atoms with Gasteiger partial charge in [-0.2, -0.15) is 9.83 Å². The van der Waals surface area contributed by atoms with Crippen molar-refractivity contribution >= 4 is 21.9 Å². The minimum absolute atomic E-state index is 0.0317. The Bertz CT molecular complexity index is 1910. The monoisotopic (exact) mass is 463 g/mol. The molecule has 1 aliphatic rings. The molecule has 3 heteroatoms. The maximum atomic E-state index is 10.3. The molecule has 0 saturated heterocycles. The molecule has 2 heterocycles. The first kappa shape index (κ1) is 12.5. The molecule has 4 aromatic rings. The van der Waals surface area contributed by atoms with Gasteiger partial charge in [0.1, 0.15) is 18.7 Å². The summed E-state index contributed by atoms with van der Waals surface area (Å²) in [6.45, 7) is -7.03. The van der Waals surface area contributed by atoms with E-state index in [1.165, 1.54) is 18.5 Å². The summed E-state index contributed by atoms with van der Waals surface area (Å²) in [5, 5.41) is 11.5. The molecular formula is C31H35N2O+. The van der Waals surface area contributed by atoms with Crippen molar-refractivity contribution in [1.82, 2.24) is 0 Å². The Kier molecular flexibility index (Phi) is 3.17. The standard InChI is InChI=1S/C31H35N2O/c1-18(2)26-16-28(33(6)21(5)20(26)4)29-19(3)12-13-25-24-15-14-23(22-10-8-7-9-11-22)27(17-32)30(24)34-31(25)29/h12-16,18,22H,7-11H2,1-6H3/q+1/i1D3,2D3,4D3,16D,18D,22D. The molecule has 0 N–H and O–H groups in total. The maximum Gasteiger partial charge on any atom is 0.216 e. The molecule has 1 fully saturated rings. The van der Waals surface area contributed by atoms with Crippen LogP contribution in [0.4, 0.5) is 0 Å². The smallest absolute Gasteiger partial charge is 0.216 e. The lowest BCUT2D eigenvalue weighted by atomic mass is 9.82. The van der Waals surface area contributed by atoms with Gasteiger partial charge in [-0.15, -0.1) is 0 Å². The van der Waals surface area contributed by atoms with Crippen molar-refractivity contribution in [3.05, 3.63) is 63.8 Å². The fourth-order valence-corrected chi connectivity index (χ4v) is 5.15. The number of benzene rings is 2. The number of hydrogen-bond donors (Lipinski definition) is 0. The first-order chi connectivity index (χ1) is 21.1. The van der Waals surface area contributed by atoms with Gasteiger partial charge in [0.2, 0.25) is 5.69 Å². The second-order valence-electron chi connectivity index (χ2n) is 9.12. The normalized spacial score (nSPS) is 22.4. The number of pyridine rings is 1. The number of aromatic nitrogens is 1. The van der Waals surface area contributed by atoms with Crippen LogP contribution in [0.5, 0.6) is 0 Å². The third kappa shape index (κ3) is 3.43. The highest BCUT2D eigenvalue weighted by Crippen LogP contribution is 2.42. The minimum Gasteiger partial charge on any atom is -0.454 e. The molecule has 1 aliphatic carbocycles. The first-order valence-electron chi connectivity index (χ1n) is 17.6. The van der Waals surface area contributed by atoms with Crippen LogP contribution in [0.15, 0.2) is 34.7 Å². The van der Waals surface area contributed by atoms with Gasteiger partial charge in [0.15, 0.2) is 11.3 Å². The van der Waals surface area contributed by atoms with Crippen molar-refractivity contribution in [2.24, 2.45) is 7.05 Å². The lowest BCUT2D eigenvalue weighted by molar-refractivity contribution is -0.667.